The lowest BCUT2D eigenvalue weighted by atomic mass is 10.1. The van der Waals surface area contributed by atoms with Crippen LogP contribution in [0.25, 0.3) is 0 Å². The number of rotatable bonds is 0. The standard InChI is InChI=1S/C10H7ClF3N/c1-5-2-7-8(11)3-6(10(12,13)14)4-9(7)15-5/h3-4H,2H2,1H3. The first-order valence-electron chi connectivity index (χ1n) is 4.31. The largest absolute Gasteiger partial charge is 0.416 e. The zero-order valence-electron chi connectivity index (χ0n) is 7.82. The highest BCUT2D eigenvalue weighted by Gasteiger charge is 2.32. The van der Waals surface area contributed by atoms with Gasteiger partial charge in [0.25, 0.3) is 0 Å². The van der Waals surface area contributed by atoms with Crippen LogP contribution in [0, 0.1) is 0 Å². The van der Waals surface area contributed by atoms with E-state index in [9.17, 15) is 13.2 Å². The van der Waals surface area contributed by atoms with Gasteiger partial charge in [-0.05, 0) is 19.1 Å². The summed E-state index contributed by atoms with van der Waals surface area (Å²) in [5.41, 5.74) is 1.06. The van der Waals surface area contributed by atoms with Crippen molar-refractivity contribution < 1.29 is 13.2 Å². The maximum atomic E-state index is 12.4. The van der Waals surface area contributed by atoms with Crippen LogP contribution in [0.3, 0.4) is 0 Å². The van der Waals surface area contributed by atoms with Gasteiger partial charge in [0.15, 0.2) is 0 Å². The fourth-order valence-corrected chi connectivity index (χ4v) is 1.84. The number of hydrogen-bond acceptors (Lipinski definition) is 1. The fraction of sp³-hybridized carbons (Fsp3) is 0.300. The minimum Gasteiger partial charge on any atom is -0.257 e. The van der Waals surface area contributed by atoms with Gasteiger partial charge in [0, 0.05) is 22.7 Å². The first-order valence-corrected chi connectivity index (χ1v) is 4.69. The summed E-state index contributed by atoms with van der Waals surface area (Å²) in [6.07, 6.45) is -3.84. The van der Waals surface area contributed by atoms with Crippen LogP contribution in [-0.2, 0) is 12.6 Å². The van der Waals surface area contributed by atoms with E-state index in [2.05, 4.69) is 4.99 Å². The Labute approximate surface area is 89.6 Å². The van der Waals surface area contributed by atoms with Gasteiger partial charge >= 0.3 is 6.18 Å². The molecule has 2 rings (SSSR count). The molecule has 0 bridgehead atoms. The average molecular weight is 234 g/mol. The van der Waals surface area contributed by atoms with Crippen molar-refractivity contribution in [1.29, 1.82) is 0 Å². The van der Waals surface area contributed by atoms with E-state index in [0.29, 0.717) is 17.7 Å². The van der Waals surface area contributed by atoms with E-state index < -0.39 is 11.7 Å². The molecule has 0 fully saturated rings. The molecule has 0 saturated carbocycles. The van der Waals surface area contributed by atoms with Crippen LogP contribution in [-0.4, -0.2) is 5.71 Å². The maximum absolute atomic E-state index is 12.4. The molecule has 0 aliphatic carbocycles. The van der Waals surface area contributed by atoms with Crippen LogP contribution in [0.15, 0.2) is 17.1 Å². The number of alkyl halides is 3. The molecule has 1 nitrogen and oxygen atoms in total. The summed E-state index contributed by atoms with van der Waals surface area (Å²) < 4.78 is 37.3. The predicted octanol–water partition coefficient (Wildman–Crippen LogP) is 4.01. The zero-order chi connectivity index (χ0) is 11.2. The molecule has 0 atom stereocenters. The Bertz CT molecular complexity index is 449. The number of fused-ring (bicyclic) bond motifs is 1. The Kier molecular flexibility index (Phi) is 2.26. The molecular formula is C10H7ClF3N. The number of hydrogen-bond donors (Lipinski definition) is 0. The van der Waals surface area contributed by atoms with Gasteiger partial charge in [-0.25, -0.2) is 0 Å². The van der Waals surface area contributed by atoms with Crippen molar-refractivity contribution >= 4 is 23.0 Å². The Balaban J connectivity index is 2.56. The minimum atomic E-state index is -4.37. The van der Waals surface area contributed by atoms with Gasteiger partial charge in [-0.1, -0.05) is 11.6 Å². The summed E-state index contributed by atoms with van der Waals surface area (Å²) in [6.45, 7) is 1.77. The van der Waals surface area contributed by atoms with Gasteiger partial charge in [0.05, 0.1) is 11.3 Å². The molecule has 0 amide bonds. The lowest BCUT2D eigenvalue weighted by Gasteiger charge is -2.09. The molecule has 1 aliphatic rings. The number of nitrogens with zero attached hydrogens (tertiary/aromatic N) is 1. The van der Waals surface area contributed by atoms with Crippen LogP contribution >= 0.6 is 11.6 Å². The second kappa shape index (κ2) is 3.23. The summed E-state index contributed by atoms with van der Waals surface area (Å²) in [4.78, 5) is 4.02. The van der Waals surface area contributed by atoms with Gasteiger partial charge in [-0.15, -0.1) is 0 Å². The van der Waals surface area contributed by atoms with Crippen molar-refractivity contribution in [2.45, 2.75) is 19.5 Å². The normalized spacial score (nSPS) is 15.1. The first kappa shape index (κ1) is 10.5. The van der Waals surface area contributed by atoms with E-state index >= 15 is 0 Å². The third kappa shape index (κ3) is 1.86. The Morgan fingerprint density at radius 3 is 2.60 bits per heavy atom. The lowest BCUT2D eigenvalue weighted by molar-refractivity contribution is -0.137. The number of benzene rings is 1. The second-order valence-corrected chi connectivity index (χ2v) is 3.88. The van der Waals surface area contributed by atoms with E-state index in [4.69, 9.17) is 11.6 Å². The smallest absolute Gasteiger partial charge is 0.257 e. The maximum Gasteiger partial charge on any atom is 0.416 e. The van der Waals surface area contributed by atoms with Crippen LogP contribution in [0.2, 0.25) is 5.02 Å². The van der Waals surface area contributed by atoms with E-state index in [1.807, 2.05) is 0 Å². The summed E-state index contributed by atoms with van der Waals surface area (Å²) in [6, 6.07) is 1.99. The molecule has 0 spiro atoms. The summed E-state index contributed by atoms with van der Waals surface area (Å²) in [5.74, 6) is 0. The van der Waals surface area contributed by atoms with Crippen LogP contribution in [0.1, 0.15) is 18.1 Å². The predicted molar refractivity (Wildman–Crippen MR) is 52.9 cm³/mol. The number of halogens is 4. The Morgan fingerprint density at radius 2 is 2.00 bits per heavy atom. The first-order chi connectivity index (χ1) is 6.88. The van der Waals surface area contributed by atoms with Crippen molar-refractivity contribution in [3.63, 3.8) is 0 Å². The van der Waals surface area contributed by atoms with Gasteiger partial charge in [0.2, 0.25) is 0 Å². The topological polar surface area (TPSA) is 12.4 Å². The molecule has 5 heteroatoms. The molecule has 15 heavy (non-hydrogen) atoms. The van der Waals surface area contributed by atoms with Crippen LogP contribution in [0.4, 0.5) is 18.9 Å². The molecule has 1 heterocycles. The third-order valence-corrected chi connectivity index (χ3v) is 2.58. The molecule has 0 unspecified atom stereocenters. The summed E-state index contributed by atoms with van der Waals surface area (Å²) in [7, 11) is 0. The van der Waals surface area contributed by atoms with Gasteiger partial charge < -0.3 is 0 Å². The lowest BCUT2D eigenvalue weighted by Crippen LogP contribution is -2.05. The van der Waals surface area contributed by atoms with Crippen molar-refractivity contribution in [2.24, 2.45) is 4.99 Å². The van der Waals surface area contributed by atoms with Crippen LogP contribution < -0.4 is 0 Å². The number of aliphatic imine (C=N–C) groups is 1. The van der Waals surface area contributed by atoms with Crippen molar-refractivity contribution in [3.05, 3.63) is 28.3 Å². The van der Waals surface area contributed by atoms with Crippen LogP contribution in [0.5, 0.6) is 0 Å². The van der Waals surface area contributed by atoms with Crippen molar-refractivity contribution in [1.82, 2.24) is 0 Å². The quantitative estimate of drug-likeness (QED) is 0.642. The average Bonchev–Trinajstić information content (AvgIpc) is 2.44. The molecule has 1 aromatic carbocycles. The molecule has 0 radical (unpaired) electrons. The Morgan fingerprint density at radius 1 is 1.33 bits per heavy atom. The van der Waals surface area contributed by atoms with E-state index in [1.165, 1.54) is 0 Å². The van der Waals surface area contributed by atoms with Gasteiger partial charge in [-0.2, -0.15) is 13.2 Å². The highest BCUT2D eigenvalue weighted by Crippen LogP contribution is 2.39. The monoisotopic (exact) mass is 233 g/mol. The van der Waals surface area contributed by atoms with E-state index in [0.717, 1.165) is 17.8 Å². The van der Waals surface area contributed by atoms with E-state index in [-0.39, 0.29) is 5.02 Å². The van der Waals surface area contributed by atoms with Gasteiger partial charge in [-0.3, -0.25) is 4.99 Å². The minimum absolute atomic E-state index is 0.139. The van der Waals surface area contributed by atoms with Crippen molar-refractivity contribution in [2.75, 3.05) is 0 Å². The molecule has 1 aliphatic heterocycles. The summed E-state index contributed by atoms with van der Waals surface area (Å²) >= 11 is 5.77. The van der Waals surface area contributed by atoms with E-state index in [1.54, 1.807) is 6.92 Å². The third-order valence-electron chi connectivity index (χ3n) is 2.24. The molecule has 1 aromatic rings. The molecule has 0 saturated heterocycles. The SMILES string of the molecule is CC1=Nc2cc(C(F)(F)F)cc(Cl)c2C1. The zero-order valence-corrected chi connectivity index (χ0v) is 8.58. The summed E-state index contributed by atoms with van der Waals surface area (Å²) in [5, 5.41) is 0.139. The molecule has 0 N–H and O–H groups in total. The second-order valence-electron chi connectivity index (χ2n) is 3.48. The van der Waals surface area contributed by atoms with Gasteiger partial charge in [0.1, 0.15) is 0 Å². The molecule has 80 valence electrons. The highest BCUT2D eigenvalue weighted by atomic mass is 35.5. The Hall–Kier alpha value is -1.03. The van der Waals surface area contributed by atoms with Crippen molar-refractivity contribution in [3.8, 4) is 0 Å². The highest BCUT2D eigenvalue weighted by molar-refractivity contribution is 6.32. The fourth-order valence-electron chi connectivity index (χ4n) is 1.56. The molecular weight excluding hydrogens is 227 g/mol. The molecule has 0 aromatic heterocycles.